The summed E-state index contributed by atoms with van der Waals surface area (Å²) < 4.78 is 16.8. The summed E-state index contributed by atoms with van der Waals surface area (Å²) in [6, 6.07) is 5.40. The Balaban J connectivity index is 1.84. The first-order valence-corrected chi connectivity index (χ1v) is 9.57. The number of rotatable bonds is 8. The monoisotopic (exact) mass is 428 g/mol. The predicted octanol–water partition coefficient (Wildman–Crippen LogP) is 1.92. The predicted molar refractivity (Wildman–Crippen MR) is 112 cm³/mol. The van der Waals surface area contributed by atoms with Crippen LogP contribution in [0.4, 0.5) is 5.82 Å². The Labute approximate surface area is 178 Å². The molecule has 0 radical (unpaired) electrons. The highest BCUT2D eigenvalue weighted by molar-refractivity contribution is 6.01. The number of hydrogen-bond acceptors (Lipinski definition) is 10. The Kier molecular flexibility index (Phi) is 6.48. The number of anilines is 1. The maximum Gasteiger partial charge on any atom is 0.293 e. The van der Waals surface area contributed by atoms with Gasteiger partial charge in [0.25, 0.3) is 5.91 Å². The second-order valence-electron chi connectivity index (χ2n) is 6.80. The molecule has 3 aromatic rings. The number of nitrogens with one attached hydrogen (secondary N) is 1. The molecule has 1 amide bonds. The third-order valence-corrected chi connectivity index (χ3v) is 4.37. The normalized spacial score (nSPS) is 11.6. The number of nitrogens with zero attached hydrogens (tertiary/aromatic N) is 6. The van der Waals surface area contributed by atoms with Gasteiger partial charge in [-0.15, -0.1) is 5.10 Å². The number of ether oxygens (including phenoxy) is 2. The quantitative estimate of drug-likeness (QED) is 0.404. The van der Waals surface area contributed by atoms with E-state index < -0.39 is 5.91 Å². The summed E-state index contributed by atoms with van der Waals surface area (Å²) in [6.45, 7) is 7.95. The second-order valence-corrected chi connectivity index (χ2v) is 6.80. The highest BCUT2D eigenvalue weighted by Gasteiger charge is 2.25. The molecule has 2 aromatic heterocycles. The zero-order valence-electron chi connectivity index (χ0n) is 17.9. The standard InChI is InChI=1S/C19H24N8O4/c1-6-30-13-8-7-12(9-14(13)29-5)11(4)21-23-19(28)15-16(10(2)3)27(26-22-15)18-17(20)24-31-25-18/h7-10H,6H2,1-5H3,(H2,20,24)(H,23,28)/b21-11-. The first-order valence-electron chi connectivity index (χ1n) is 9.57. The number of benzene rings is 1. The van der Waals surface area contributed by atoms with Gasteiger partial charge in [-0.3, -0.25) is 4.79 Å². The number of hydrogen-bond donors (Lipinski definition) is 2. The van der Waals surface area contributed by atoms with E-state index in [9.17, 15) is 4.79 Å². The molecule has 31 heavy (non-hydrogen) atoms. The molecule has 0 unspecified atom stereocenters. The lowest BCUT2D eigenvalue weighted by molar-refractivity contribution is 0.0948. The smallest absolute Gasteiger partial charge is 0.293 e. The van der Waals surface area contributed by atoms with Crippen molar-refractivity contribution >= 4 is 17.4 Å². The van der Waals surface area contributed by atoms with E-state index in [0.29, 0.717) is 29.5 Å². The molecule has 1 aromatic carbocycles. The van der Waals surface area contributed by atoms with Crippen LogP contribution in [0.1, 0.15) is 55.4 Å². The van der Waals surface area contributed by atoms with E-state index in [-0.39, 0.29) is 23.2 Å². The van der Waals surface area contributed by atoms with Crippen molar-refractivity contribution in [3.8, 4) is 17.3 Å². The minimum Gasteiger partial charge on any atom is -0.493 e. The van der Waals surface area contributed by atoms with Gasteiger partial charge in [0.05, 0.1) is 25.1 Å². The molecule has 164 valence electrons. The maximum absolute atomic E-state index is 12.8. The molecule has 0 saturated carbocycles. The number of methoxy groups -OCH3 is 1. The summed E-state index contributed by atoms with van der Waals surface area (Å²) >= 11 is 0. The van der Waals surface area contributed by atoms with Crippen LogP contribution >= 0.6 is 0 Å². The van der Waals surface area contributed by atoms with Crippen molar-refractivity contribution in [3.05, 3.63) is 35.2 Å². The van der Waals surface area contributed by atoms with Gasteiger partial charge in [-0.2, -0.15) is 9.78 Å². The maximum atomic E-state index is 12.8. The first kappa shape index (κ1) is 21.7. The van der Waals surface area contributed by atoms with E-state index in [2.05, 4.69) is 35.8 Å². The fraction of sp³-hybridized carbons (Fsp3) is 0.368. The van der Waals surface area contributed by atoms with Crippen LogP contribution in [-0.2, 0) is 0 Å². The molecule has 0 saturated heterocycles. The van der Waals surface area contributed by atoms with Crippen molar-refractivity contribution in [3.63, 3.8) is 0 Å². The molecule has 0 spiro atoms. The zero-order valence-corrected chi connectivity index (χ0v) is 17.9. The second kappa shape index (κ2) is 9.24. The Morgan fingerprint density at radius 1 is 1.32 bits per heavy atom. The minimum atomic E-state index is -0.526. The van der Waals surface area contributed by atoms with Crippen LogP contribution in [0, 0.1) is 0 Å². The average molecular weight is 428 g/mol. The van der Waals surface area contributed by atoms with Crippen LogP contribution in [0.5, 0.6) is 11.5 Å². The van der Waals surface area contributed by atoms with Gasteiger partial charge in [0.1, 0.15) is 0 Å². The fourth-order valence-electron chi connectivity index (χ4n) is 2.88. The lowest BCUT2D eigenvalue weighted by Crippen LogP contribution is -2.22. The van der Waals surface area contributed by atoms with E-state index in [1.165, 1.54) is 4.68 Å². The van der Waals surface area contributed by atoms with Crippen molar-refractivity contribution < 1.29 is 18.9 Å². The van der Waals surface area contributed by atoms with Gasteiger partial charge >= 0.3 is 0 Å². The molecule has 0 aliphatic heterocycles. The molecule has 0 atom stereocenters. The molecule has 2 heterocycles. The molecule has 12 heteroatoms. The molecular formula is C19H24N8O4. The van der Waals surface area contributed by atoms with E-state index in [0.717, 1.165) is 5.56 Å². The van der Waals surface area contributed by atoms with Crippen molar-refractivity contribution in [1.29, 1.82) is 0 Å². The molecule has 12 nitrogen and oxygen atoms in total. The van der Waals surface area contributed by atoms with Crippen LogP contribution in [0.3, 0.4) is 0 Å². The summed E-state index contributed by atoms with van der Waals surface area (Å²) in [5, 5.41) is 19.4. The van der Waals surface area contributed by atoms with Crippen LogP contribution in [0.25, 0.3) is 5.82 Å². The van der Waals surface area contributed by atoms with Gasteiger partial charge in [0.15, 0.2) is 17.2 Å². The summed E-state index contributed by atoms with van der Waals surface area (Å²) in [6.07, 6.45) is 0. The molecule has 0 fully saturated rings. The molecule has 0 bridgehead atoms. The number of hydrazone groups is 1. The van der Waals surface area contributed by atoms with Crippen molar-refractivity contribution in [2.75, 3.05) is 19.5 Å². The summed E-state index contributed by atoms with van der Waals surface area (Å²) in [4.78, 5) is 12.8. The summed E-state index contributed by atoms with van der Waals surface area (Å²) in [5.74, 6) is 0.762. The number of carbonyl (C=O) groups excluding carboxylic acids is 1. The third-order valence-electron chi connectivity index (χ3n) is 4.37. The van der Waals surface area contributed by atoms with Crippen molar-refractivity contribution in [2.24, 2.45) is 5.10 Å². The lowest BCUT2D eigenvalue weighted by atomic mass is 10.1. The minimum absolute atomic E-state index is 0.0390. The lowest BCUT2D eigenvalue weighted by Gasteiger charge is -2.11. The molecule has 0 aliphatic rings. The van der Waals surface area contributed by atoms with Gasteiger partial charge in [-0.1, -0.05) is 19.1 Å². The Morgan fingerprint density at radius 2 is 2.10 bits per heavy atom. The average Bonchev–Trinajstić information content (AvgIpc) is 3.38. The SMILES string of the molecule is CCOc1ccc(/C(C)=N\NC(=O)c2nnn(-c3nonc3N)c2C(C)C)cc1OC. The van der Waals surface area contributed by atoms with E-state index in [4.69, 9.17) is 15.2 Å². The molecule has 3 N–H and O–H groups in total. The topological polar surface area (TPSA) is 156 Å². The number of nitrogen functional groups attached to an aromatic ring is 1. The number of nitrogens with two attached hydrogens (primary N) is 1. The molecule has 3 rings (SSSR count). The molecule has 0 aliphatic carbocycles. The van der Waals surface area contributed by atoms with E-state index >= 15 is 0 Å². The zero-order chi connectivity index (χ0) is 22.5. The number of amides is 1. The van der Waals surface area contributed by atoms with Crippen LogP contribution in [0.2, 0.25) is 0 Å². The van der Waals surface area contributed by atoms with Gasteiger partial charge in [0.2, 0.25) is 11.6 Å². The largest absolute Gasteiger partial charge is 0.493 e. The summed E-state index contributed by atoms with van der Waals surface area (Å²) in [7, 11) is 1.56. The van der Waals surface area contributed by atoms with Gasteiger partial charge in [-0.05, 0) is 48.3 Å². The van der Waals surface area contributed by atoms with E-state index in [1.807, 2.05) is 26.8 Å². The van der Waals surface area contributed by atoms with E-state index in [1.54, 1.807) is 26.2 Å². The summed E-state index contributed by atoms with van der Waals surface area (Å²) in [5.41, 5.74) is 10.2. The Morgan fingerprint density at radius 3 is 2.71 bits per heavy atom. The fourth-order valence-corrected chi connectivity index (χ4v) is 2.88. The van der Waals surface area contributed by atoms with Crippen molar-refractivity contribution in [2.45, 2.75) is 33.6 Å². The van der Waals surface area contributed by atoms with Gasteiger partial charge in [-0.25, -0.2) is 10.1 Å². The highest BCUT2D eigenvalue weighted by Crippen LogP contribution is 2.28. The van der Waals surface area contributed by atoms with Crippen LogP contribution < -0.4 is 20.6 Å². The van der Waals surface area contributed by atoms with Crippen molar-refractivity contribution in [1.82, 2.24) is 30.7 Å². The number of carbonyl (C=O) groups is 1. The van der Waals surface area contributed by atoms with Crippen LogP contribution in [0.15, 0.2) is 27.9 Å². The Bertz CT molecular complexity index is 1100. The number of aromatic nitrogens is 5. The van der Waals surface area contributed by atoms with Crippen LogP contribution in [-0.4, -0.2) is 50.6 Å². The van der Waals surface area contributed by atoms with Gasteiger partial charge in [0, 0.05) is 5.56 Å². The highest BCUT2D eigenvalue weighted by atomic mass is 16.6. The first-order chi connectivity index (χ1) is 14.9. The Hall–Kier alpha value is -3.96. The molecular weight excluding hydrogens is 404 g/mol. The van der Waals surface area contributed by atoms with Gasteiger partial charge < -0.3 is 15.2 Å². The third kappa shape index (κ3) is 4.47.